The Bertz CT molecular complexity index is 1350. The van der Waals surface area contributed by atoms with Gasteiger partial charge in [-0.25, -0.2) is 0 Å². The summed E-state index contributed by atoms with van der Waals surface area (Å²) in [6, 6.07) is 13.3. The predicted octanol–water partition coefficient (Wildman–Crippen LogP) is 5.43. The minimum atomic E-state index is -4.51. The van der Waals surface area contributed by atoms with E-state index in [1.54, 1.807) is 13.3 Å². The highest BCUT2D eigenvalue weighted by molar-refractivity contribution is 8.02. The molecule has 1 unspecified atom stereocenters. The fourth-order valence-corrected chi connectivity index (χ4v) is 4.97. The number of benzene rings is 2. The van der Waals surface area contributed by atoms with Crippen LogP contribution >= 0.6 is 11.8 Å². The van der Waals surface area contributed by atoms with Crippen molar-refractivity contribution >= 4 is 28.4 Å². The third kappa shape index (κ3) is 4.93. The highest BCUT2D eigenvalue weighted by atomic mass is 32.2. The Hall–Kier alpha value is -3.28. The van der Waals surface area contributed by atoms with Gasteiger partial charge in [-0.3, -0.25) is 10.2 Å². The fourth-order valence-electron chi connectivity index (χ4n) is 4.04. The van der Waals surface area contributed by atoms with E-state index in [2.05, 4.69) is 37.8 Å². The Morgan fingerprint density at radius 1 is 1.17 bits per heavy atom. The zero-order valence-electron chi connectivity index (χ0n) is 18.8. The van der Waals surface area contributed by atoms with Crippen molar-refractivity contribution in [2.75, 3.05) is 25.2 Å². The Balaban J connectivity index is 1.52. The number of alkyl halides is 3. The lowest BCUT2D eigenvalue weighted by atomic mass is 9.99. The number of aromatic nitrogens is 4. The number of halogens is 3. The highest BCUT2D eigenvalue weighted by Gasteiger charge is 2.36. The molecule has 182 valence electrons. The maximum atomic E-state index is 13.2. The molecule has 11 heteroatoms. The molecule has 35 heavy (non-hydrogen) atoms. The standard InChI is InChI=1S/C24H23F3N6OS/c1-34-7-5-28-13-15-3-2-4-16(9-15)18-10-17-14-29-30-19(17)11-21(18)33-6-8-35-23(33)20-12-22(32-31-20)24(25,26)27/h2-4,6,8-12,14,23,28H,5,7,13H2,1H3,(H,29,30)(H,31,32). The van der Waals surface area contributed by atoms with Crippen LogP contribution in [0, 0.1) is 0 Å². The monoisotopic (exact) mass is 500 g/mol. The maximum absolute atomic E-state index is 13.2. The lowest BCUT2D eigenvalue weighted by Gasteiger charge is -2.26. The average molecular weight is 501 g/mol. The number of anilines is 1. The first kappa shape index (κ1) is 23.5. The molecule has 0 radical (unpaired) electrons. The summed E-state index contributed by atoms with van der Waals surface area (Å²) in [4.78, 5) is 1.96. The summed E-state index contributed by atoms with van der Waals surface area (Å²) >= 11 is 1.41. The largest absolute Gasteiger partial charge is 0.435 e. The Labute approximate surface area is 203 Å². The number of hydrogen-bond acceptors (Lipinski definition) is 6. The Kier molecular flexibility index (Phi) is 6.54. The molecule has 1 aliphatic rings. The van der Waals surface area contributed by atoms with Crippen LogP contribution < -0.4 is 10.2 Å². The molecule has 0 saturated carbocycles. The zero-order chi connectivity index (χ0) is 24.4. The maximum Gasteiger partial charge on any atom is 0.435 e. The summed E-state index contributed by atoms with van der Waals surface area (Å²) in [7, 11) is 1.67. The van der Waals surface area contributed by atoms with Gasteiger partial charge in [-0.05, 0) is 40.8 Å². The molecular formula is C24H23F3N6OS. The normalized spacial score (nSPS) is 16.0. The Morgan fingerprint density at radius 3 is 2.86 bits per heavy atom. The second kappa shape index (κ2) is 9.76. The van der Waals surface area contributed by atoms with Gasteiger partial charge in [-0.15, -0.1) is 11.8 Å². The van der Waals surface area contributed by atoms with Crippen LogP contribution in [-0.4, -0.2) is 40.7 Å². The topological polar surface area (TPSA) is 81.9 Å². The van der Waals surface area contributed by atoms with Gasteiger partial charge in [0.15, 0.2) is 5.69 Å². The van der Waals surface area contributed by atoms with E-state index in [1.165, 1.54) is 11.8 Å². The molecule has 0 aliphatic carbocycles. The number of H-pyrrole nitrogens is 2. The molecule has 0 fully saturated rings. The van der Waals surface area contributed by atoms with Crippen molar-refractivity contribution in [3.05, 3.63) is 77.2 Å². The molecule has 0 bridgehead atoms. The summed E-state index contributed by atoms with van der Waals surface area (Å²) in [5.41, 5.74) is 4.19. The van der Waals surface area contributed by atoms with Crippen LogP contribution in [0.25, 0.3) is 22.0 Å². The van der Waals surface area contributed by atoms with E-state index in [4.69, 9.17) is 4.74 Å². The van der Waals surface area contributed by atoms with Crippen molar-refractivity contribution in [3.63, 3.8) is 0 Å². The van der Waals surface area contributed by atoms with Gasteiger partial charge in [0.2, 0.25) is 0 Å². The number of ether oxygens (including phenoxy) is 1. The molecule has 0 spiro atoms. The lowest BCUT2D eigenvalue weighted by molar-refractivity contribution is -0.141. The van der Waals surface area contributed by atoms with Crippen molar-refractivity contribution in [2.24, 2.45) is 0 Å². The first-order chi connectivity index (χ1) is 16.9. The average Bonchev–Trinajstić information content (AvgIpc) is 3.60. The van der Waals surface area contributed by atoms with Crippen LogP contribution in [0.2, 0.25) is 0 Å². The quantitative estimate of drug-likeness (QED) is 0.280. The van der Waals surface area contributed by atoms with Crippen LogP contribution in [0.3, 0.4) is 0 Å². The van der Waals surface area contributed by atoms with Crippen LogP contribution in [-0.2, 0) is 17.5 Å². The van der Waals surface area contributed by atoms with Gasteiger partial charge in [-0.2, -0.15) is 23.4 Å². The van der Waals surface area contributed by atoms with Gasteiger partial charge >= 0.3 is 6.18 Å². The summed E-state index contributed by atoms with van der Waals surface area (Å²) < 4.78 is 44.6. The van der Waals surface area contributed by atoms with Crippen LogP contribution in [0.1, 0.15) is 22.3 Å². The van der Waals surface area contributed by atoms with E-state index in [-0.39, 0.29) is 0 Å². The number of aromatic amines is 2. The third-order valence-corrected chi connectivity index (χ3v) is 6.74. The summed E-state index contributed by atoms with van der Waals surface area (Å²) in [5, 5.41) is 19.0. The van der Waals surface area contributed by atoms with Crippen LogP contribution in [0.5, 0.6) is 0 Å². The smallest absolute Gasteiger partial charge is 0.383 e. The number of nitrogens with zero attached hydrogens (tertiary/aromatic N) is 3. The van der Waals surface area contributed by atoms with Crippen molar-refractivity contribution in [2.45, 2.75) is 18.1 Å². The van der Waals surface area contributed by atoms with Gasteiger partial charge in [0.05, 0.1) is 29.7 Å². The number of hydrogen-bond donors (Lipinski definition) is 3. The van der Waals surface area contributed by atoms with E-state index >= 15 is 0 Å². The first-order valence-electron chi connectivity index (χ1n) is 10.9. The van der Waals surface area contributed by atoms with E-state index in [1.807, 2.05) is 40.8 Å². The van der Waals surface area contributed by atoms with Gasteiger partial charge in [0, 0.05) is 37.3 Å². The minimum Gasteiger partial charge on any atom is -0.383 e. The molecule has 2 aromatic heterocycles. The fraction of sp³-hybridized carbons (Fsp3) is 0.250. The van der Waals surface area contributed by atoms with Crippen molar-refractivity contribution in [1.82, 2.24) is 25.7 Å². The summed E-state index contributed by atoms with van der Waals surface area (Å²) in [5.74, 6) is 0. The number of thioether (sulfide) groups is 1. The molecular weight excluding hydrogens is 477 g/mol. The van der Waals surface area contributed by atoms with E-state index in [0.717, 1.165) is 45.9 Å². The number of methoxy groups -OCH3 is 1. The molecule has 0 saturated heterocycles. The van der Waals surface area contributed by atoms with Crippen molar-refractivity contribution in [3.8, 4) is 11.1 Å². The van der Waals surface area contributed by atoms with Crippen molar-refractivity contribution in [1.29, 1.82) is 0 Å². The number of nitrogens with one attached hydrogen (secondary N) is 3. The number of fused-ring (bicyclic) bond motifs is 1. The first-order valence-corrected chi connectivity index (χ1v) is 11.9. The predicted molar refractivity (Wildman–Crippen MR) is 131 cm³/mol. The molecule has 5 rings (SSSR count). The molecule has 4 aromatic rings. The minimum absolute atomic E-state index is 0.374. The summed E-state index contributed by atoms with van der Waals surface area (Å²) in [6.07, 6.45) is -0.871. The zero-order valence-corrected chi connectivity index (χ0v) is 19.6. The van der Waals surface area contributed by atoms with Gasteiger partial charge in [0.25, 0.3) is 0 Å². The highest BCUT2D eigenvalue weighted by Crippen LogP contribution is 2.46. The van der Waals surface area contributed by atoms with Crippen molar-refractivity contribution < 1.29 is 17.9 Å². The second-order valence-electron chi connectivity index (χ2n) is 8.08. The molecule has 1 atom stereocenters. The summed E-state index contributed by atoms with van der Waals surface area (Å²) in [6.45, 7) is 2.07. The van der Waals surface area contributed by atoms with Crippen LogP contribution in [0.4, 0.5) is 18.9 Å². The van der Waals surface area contributed by atoms with Gasteiger partial charge in [-0.1, -0.05) is 18.2 Å². The number of rotatable bonds is 8. The molecule has 2 aromatic carbocycles. The lowest BCUT2D eigenvalue weighted by Crippen LogP contribution is -2.19. The SMILES string of the molecule is COCCNCc1cccc(-c2cc3cn[nH]c3cc2N2C=CSC2c2cc(C(F)(F)F)n[nH]2)c1. The molecule has 7 nitrogen and oxygen atoms in total. The molecule has 0 amide bonds. The third-order valence-electron chi connectivity index (χ3n) is 5.72. The molecule has 3 N–H and O–H groups in total. The van der Waals surface area contributed by atoms with E-state index < -0.39 is 17.2 Å². The Morgan fingerprint density at radius 2 is 2.06 bits per heavy atom. The van der Waals surface area contributed by atoms with Crippen LogP contribution in [0.15, 0.2) is 60.3 Å². The van der Waals surface area contributed by atoms with Gasteiger partial charge < -0.3 is 15.0 Å². The second-order valence-corrected chi connectivity index (χ2v) is 9.07. The molecule has 1 aliphatic heterocycles. The van der Waals surface area contributed by atoms with Gasteiger partial charge in [0.1, 0.15) is 5.37 Å². The van der Waals surface area contributed by atoms with E-state index in [0.29, 0.717) is 18.8 Å². The van der Waals surface area contributed by atoms with E-state index in [9.17, 15) is 13.2 Å². The molecule has 3 heterocycles.